The number of carbonyl (C=O) groups is 2. The quantitative estimate of drug-likeness (QED) is 0.416. The SMILES string of the molecule is Cc1cc(Nc2ccc(Cl)cc2C(F)(F)F)cnc1CNC(=O)[C@@H]1CCOC1.Cc1ncc(C(N)=O)cn1. The summed E-state index contributed by atoms with van der Waals surface area (Å²) >= 11 is 5.70. The number of nitrogens with one attached hydrogen (secondary N) is 2. The number of hydrogen-bond donors (Lipinski definition) is 3. The topological polar surface area (TPSA) is 132 Å². The van der Waals surface area contributed by atoms with Gasteiger partial charge >= 0.3 is 6.18 Å². The second-order valence-electron chi connectivity index (χ2n) is 8.46. The maximum Gasteiger partial charge on any atom is 0.418 e. The van der Waals surface area contributed by atoms with E-state index in [0.717, 1.165) is 11.6 Å². The molecule has 3 aromatic rings. The Kier molecular flexibility index (Phi) is 9.59. The summed E-state index contributed by atoms with van der Waals surface area (Å²) in [7, 11) is 0. The van der Waals surface area contributed by atoms with Crippen LogP contribution in [-0.2, 0) is 22.3 Å². The van der Waals surface area contributed by atoms with Crippen molar-refractivity contribution in [3.8, 4) is 0 Å². The van der Waals surface area contributed by atoms with E-state index < -0.39 is 17.6 Å². The van der Waals surface area contributed by atoms with Gasteiger partial charge in [-0.3, -0.25) is 14.6 Å². The fourth-order valence-corrected chi connectivity index (χ4v) is 3.62. The zero-order chi connectivity index (χ0) is 27.9. The smallest absolute Gasteiger partial charge is 0.381 e. The highest BCUT2D eigenvalue weighted by Crippen LogP contribution is 2.37. The molecule has 2 amide bonds. The van der Waals surface area contributed by atoms with Crippen LogP contribution < -0.4 is 16.4 Å². The van der Waals surface area contributed by atoms with Crippen molar-refractivity contribution in [3.63, 3.8) is 0 Å². The van der Waals surface area contributed by atoms with Gasteiger partial charge in [0.25, 0.3) is 5.91 Å². The number of aryl methyl sites for hydroxylation is 2. The van der Waals surface area contributed by atoms with Gasteiger partial charge in [-0.25, -0.2) is 9.97 Å². The number of nitrogens with two attached hydrogens (primary N) is 1. The average Bonchev–Trinajstić information content (AvgIpc) is 3.40. The first-order valence-electron chi connectivity index (χ1n) is 11.5. The van der Waals surface area contributed by atoms with E-state index in [2.05, 4.69) is 25.6 Å². The Labute approximate surface area is 222 Å². The average molecular weight is 551 g/mol. The highest BCUT2D eigenvalue weighted by atomic mass is 35.5. The monoisotopic (exact) mass is 550 g/mol. The van der Waals surface area contributed by atoms with Gasteiger partial charge in [0.15, 0.2) is 0 Å². The van der Waals surface area contributed by atoms with Crippen LogP contribution in [0.25, 0.3) is 0 Å². The first-order valence-corrected chi connectivity index (χ1v) is 11.8. The van der Waals surface area contributed by atoms with E-state index in [1.807, 2.05) is 0 Å². The maximum atomic E-state index is 13.2. The standard InChI is InChI=1S/C19H19ClF3N3O2.C6H7N3O/c1-11-6-14(26-16-3-2-13(20)7-15(16)19(21,22)23)8-24-17(11)9-25-18(27)12-4-5-28-10-12;1-4-8-2-5(3-9-4)6(7)10/h2-3,6-8,12,26H,4-5,9-10H2,1H3,(H,25,27);2-3H,1H3,(H2,7,10)/t12-;/m1./s1. The van der Waals surface area contributed by atoms with Crippen molar-refractivity contribution < 1.29 is 27.5 Å². The van der Waals surface area contributed by atoms with Crippen LogP contribution in [-0.4, -0.2) is 40.0 Å². The van der Waals surface area contributed by atoms with Gasteiger partial charge in [0.2, 0.25) is 5.91 Å². The summed E-state index contributed by atoms with van der Waals surface area (Å²) in [6.45, 7) is 4.77. The molecule has 202 valence electrons. The zero-order valence-corrected chi connectivity index (χ0v) is 21.4. The molecule has 0 bridgehead atoms. The summed E-state index contributed by atoms with van der Waals surface area (Å²) in [4.78, 5) is 34.3. The van der Waals surface area contributed by atoms with Gasteiger partial charge in [0.05, 0.1) is 53.5 Å². The first-order chi connectivity index (χ1) is 17.9. The highest BCUT2D eigenvalue weighted by Gasteiger charge is 2.34. The summed E-state index contributed by atoms with van der Waals surface area (Å²) in [5.41, 5.74) is 6.12. The minimum atomic E-state index is -4.54. The molecule has 1 aliphatic heterocycles. The van der Waals surface area contributed by atoms with Gasteiger partial charge in [0, 0.05) is 24.0 Å². The molecule has 1 aliphatic rings. The Morgan fingerprint density at radius 1 is 1.13 bits per heavy atom. The van der Waals surface area contributed by atoms with Gasteiger partial charge in [-0.05, 0) is 50.1 Å². The van der Waals surface area contributed by atoms with Crippen molar-refractivity contribution in [3.05, 3.63) is 76.1 Å². The fourth-order valence-electron chi connectivity index (χ4n) is 3.45. The van der Waals surface area contributed by atoms with E-state index in [9.17, 15) is 22.8 Å². The molecule has 1 aromatic carbocycles. The van der Waals surface area contributed by atoms with Crippen LogP contribution in [0.15, 0.2) is 42.9 Å². The largest absolute Gasteiger partial charge is 0.418 e. The van der Waals surface area contributed by atoms with Crippen LogP contribution in [0.3, 0.4) is 0 Å². The van der Waals surface area contributed by atoms with Crippen molar-refractivity contribution in [2.45, 2.75) is 33.0 Å². The second-order valence-corrected chi connectivity index (χ2v) is 8.90. The molecule has 4 N–H and O–H groups in total. The Bertz CT molecular complexity index is 1280. The predicted octanol–water partition coefficient (Wildman–Crippen LogP) is 4.34. The third kappa shape index (κ3) is 8.12. The van der Waals surface area contributed by atoms with Crippen LogP contribution in [0, 0.1) is 19.8 Å². The molecule has 0 saturated carbocycles. The number of amides is 2. The number of aromatic nitrogens is 3. The predicted molar refractivity (Wildman–Crippen MR) is 135 cm³/mol. The molecule has 0 radical (unpaired) electrons. The molecule has 1 saturated heterocycles. The number of ether oxygens (including phenoxy) is 1. The molecule has 0 aliphatic carbocycles. The summed E-state index contributed by atoms with van der Waals surface area (Å²) in [6.07, 6.45) is 0.408. The van der Waals surface area contributed by atoms with Crippen molar-refractivity contribution >= 4 is 34.8 Å². The van der Waals surface area contributed by atoms with Gasteiger partial charge in [-0.2, -0.15) is 13.2 Å². The number of hydrogen-bond acceptors (Lipinski definition) is 7. The van der Waals surface area contributed by atoms with Crippen LogP contribution in [0.4, 0.5) is 24.5 Å². The van der Waals surface area contributed by atoms with Crippen LogP contribution in [0.5, 0.6) is 0 Å². The minimum absolute atomic E-state index is 0.00549. The summed E-state index contributed by atoms with van der Waals surface area (Å²) in [5, 5.41) is 5.57. The molecule has 1 fully saturated rings. The van der Waals surface area contributed by atoms with Gasteiger partial charge in [0.1, 0.15) is 5.82 Å². The Hall–Kier alpha value is -3.77. The van der Waals surface area contributed by atoms with E-state index in [4.69, 9.17) is 22.1 Å². The lowest BCUT2D eigenvalue weighted by atomic mass is 10.1. The van der Waals surface area contributed by atoms with Crippen molar-refractivity contribution in [2.24, 2.45) is 11.7 Å². The molecule has 9 nitrogen and oxygen atoms in total. The van der Waals surface area contributed by atoms with Crippen LogP contribution >= 0.6 is 11.6 Å². The molecular weight excluding hydrogens is 525 g/mol. The van der Waals surface area contributed by atoms with Gasteiger partial charge in [-0.15, -0.1) is 0 Å². The molecule has 38 heavy (non-hydrogen) atoms. The minimum Gasteiger partial charge on any atom is -0.381 e. The van der Waals surface area contributed by atoms with E-state index in [1.165, 1.54) is 30.7 Å². The number of carbonyl (C=O) groups excluding carboxylic acids is 2. The molecule has 2 aromatic heterocycles. The second kappa shape index (κ2) is 12.7. The van der Waals surface area contributed by atoms with Crippen molar-refractivity contribution in [1.29, 1.82) is 0 Å². The lowest BCUT2D eigenvalue weighted by Crippen LogP contribution is -2.31. The third-order valence-corrected chi connectivity index (χ3v) is 5.78. The maximum absolute atomic E-state index is 13.2. The zero-order valence-electron chi connectivity index (χ0n) is 20.6. The Morgan fingerprint density at radius 3 is 2.42 bits per heavy atom. The van der Waals surface area contributed by atoms with E-state index in [0.29, 0.717) is 42.4 Å². The molecular formula is C25H26ClF3N6O3. The van der Waals surface area contributed by atoms with Crippen molar-refractivity contribution in [1.82, 2.24) is 20.3 Å². The lowest BCUT2D eigenvalue weighted by molar-refractivity contribution is -0.137. The number of nitrogens with zero attached hydrogens (tertiary/aromatic N) is 3. The van der Waals surface area contributed by atoms with E-state index in [1.54, 1.807) is 19.9 Å². The number of anilines is 2. The fraction of sp³-hybridized carbons (Fsp3) is 0.320. The molecule has 13 heteroatoms. The first kappa shape index (κ1) is 28.8. The molecule has 1 atom stereocenters. The van der Waals surface area contributed by atoms with E-state index in [-0.39, 0.29) is 29.1 Å². The summed E-state index contributed by atoms with van der Waals surface area (Å²) in [6, 6.07) is 5.22. The number of rotatable bonds is 6. The highest BCUT2D eigenvalue weighted by molar-refractivity contribution is 6.30. The Balaban J connectivity index is 0.000000336. The van der Waals surface area contributed by atoms with Gasteiger partial charge in [-0.1, -0.05) is 11.6 Å². The number of benzene rings is 1. The lowest BCUT2D eigenvalue weighted by Gasteiger charge is -2.16. The molecule has 3 heterocycles. The normalized spacial score (nSPS) is 14.8. The Morgan fingerprint density at radius 2 is 1.84 bits per heavy atom. The molecule has 4 rings (SSSR count). The summed E-state index contributed by atoms with van der Waals surface area (Å²) < 4.78 is 44.8. The van der Waals surface area contributed by atoms with Crippen LogP contribution in [0.2, 0.25) is 5.02 Å². The third-order valence-electron chi connectivity index (χ3n) is 5.55. The number of halogens is 4. The number of pyridine rings is 1. The van der Waals surface area contributed by atoms with Crippen LogP contribution in [0.1, 0.15) is 39.4 Å². The summed E-state index contributed by atoms with van der Waals surface area (Å²) in [5.74, 6) is -0.103. The van der Waals surface area contributed by atoms with Gasteiger partial charge < -0.3 is 21.1 Å². The number of primary amides is 1. The molecule has 0 unspecified atom stereocenters. The number of alkyl halides is 3. The van der Waals surface area contributed by atoms with Crippen molar-refractivity contribution in [2.75, 3.05) is 18.5 Å². The molecule has 0 spiro atoms. The van der Waals surface area contributed by atoms with E-state index >= 15 is 0 Å².